The van der Waals surface area contributed by atoms with Gasteiger partial charge in [0, 0.05) is 24.7 Å². The summed E-state index contributed by atoms with van der Waals surface area (Å²) in [5.41, 5.74) is 16.2. The molecule has 3 aromatic rings. The molecule has 0 bridgehead atoms. The number of nitrogens with two attached hydrogens (primary N) is 3. The summed E-state index contributed by atoms with van der Waals surface area (Å²) in [4.78, 5) is 20.5. The van der Waals surface area contributed by atoms with E-state index in [2.05, 4.69) is 9.98 Å². The number of halogens is 2. The molecule has 1 aliphatic heterocycles. The van der Waals surface area contributed by atoms with Gasteiger partial charge < -0.3 is 41.8 Å². The molecule has 0 atom stereocenters. The molecule has 39 heavy (non-hydrogen) atoms. The molecule has 2 heterocycles. The summed E-state index contributed by atoms with van der Waals surface area (Å²) in [6.45, 7) is 0.0808. The van der Waals surface area contributed by atoms with Crippen LogP contribution in [-0.2, 0) is 4.79 Å². The van der Waals surface area contributed by atoms with Gasteiger partial charge >= 0.3 is 5.97 Å². The standard InChI is InChI=1S/C25H25F2N7O5/c26-18-20(34-8-6-12(7-9-34)24(36)37)19(27)23(39-17-10-13(21(28)29)4-5-16(17)35)33-22(18)38-15-3-1-2-14(11-15)32-25(30)31/h1-5,10-12,35H,6-9H2,(H3,28,29)(H,36,37)(H4,30,31,32). The predicted octanol–water partition coefficient (Wildman–Crippen LogP) is 3.14. The fraction of sp³-hybridized carbons (Fsp3) is 0.200. The van der Waals surface area contributed by atoms with Crippen LogP contribution < -0.4 is 31.6 Å². The van der Waals surface area contributed by atoms with Gasteiger partial charge in [0.1, 0.15) is 17.3 Å². The number of hydrogen-bond donors (Lipinski definition) is 6. The number of aromatic nitrogens is 1. The molecule has 1 aromatic heterocycles. The molecule has 1 saturated heterocycles. The van der Waals surface area contributed by atoms with Crippen LogP contribution >= 0.6 is 0 Å². The maximum Gasteiger partial charge on any atom is 0.306 e. The summed E-state index contributed by atoms with van der Waals surface area (Å²) in [6, 6.07) is 9.71. The average molecular weight is 542 g/mol. The maximum absolute atomic E-state index is 15.7. The third-order valence-corrected chi connectivity index (χ3v) is 5.92. The Balaban J connectivity index is 1.78. The lowest BCUT2D eigenvalue weighted by atomic mass is 9.97. The van der Waals surface area contributed by atoms with Gasteiger partial charge in [0.25, 0.3) is 11.8 Å². The minimum Gasteiger partial charge on any atom is -0.504 e. The van der Waals surface area contributed by atoms with Crippen LogP contribution in [0.1, 0.15) is 18.4 Å². The highest BCUT2D eigenvalue weighted by molar-refractivity contribution is 5.95. The van der Waals surface area contributed by atoms with Crippen LogP contribution in [0.4, 0.5) is 20.2 Å². The highest BCUT2D eigenvalue weighted by Gasteiger charge is 2.32. The van der Waals surface area contributed by atoms with Crippen molar-refractivity contribution in [1.29, 1.82) is 5.41 Å². The minimum absolute atomic E-state index is 0.0404. The number of piperidine rings is 1. The van der Waals surface area contributed by atoms with Gasteiger partial charge in [0.15, 0.2) is 17.5 Å². The number of pyridine rings is 1. The third-order valence-electron chi connectivity index (χ3n) is 5.92. The Morgan fingerprint density at radius 1 is 1.05 bits per heavy atom. The fourth-order valence-electron chi connectivity index (χ4n) is 4.00. The number of nitrogen functional groups attached to an aromatic ring is 1. The molecular weight excluding hydrogens is 516 g/mol. The molecule has 1 aliphatic rings. The van der Waals surface area contributed by atoms with E-state index in [1.807, 2.05) is 0 Å². The first-order valence-corrected chi connectivity index (χ1v) is 11.6. The predicted molar refractivity (Wildman–Crippen MR) is 138 cm³/mol. The van der Waals surface area contributed by atoms with Crippen LogP contribution in [-0.4, -0.2) is 46.1 Å². The number of phenols is 1. The van der Waals surface area contributed by atoms with Crippen LogP contribution in [0.3, 0.4) is 0 Å². The normalized spacial score (nSPS) is 13.5. The molecule has 4 rings (SSSR count). The van der Waals surface area contributed by atoms with Crippen molar-refractivity contribution in [2.75, 3.05) is 18.0 Å². The molecule has 2 aromatic carbocycles. The van der Waals surface area contributed by atoms with Gasteiger partial charge in [-0.25, -0.2) is 4.99 Å². The van der Waals surface area contributed by atoms with Crippen molar-refractivity contribution in [2.24, 2.45) is 28.1 Å². The molecule has 204 valence electrons. The molecule has 0 unspecified atom stereocenters. The van der Waals surface area contributed by atoms with Crippen LogP contribution in [0.15, 0.2) is 47.5 Å². The third kappa shape index (κ3) is 6.06. The second-order valence-electron chi connectivity index (χ2n) is 8.63. The molecule has 0 radical (unpaired) electrons. The topological polar surface area (TPSA) is 206 Å². The number of aliphatic imine (C=N–C) groups is 1. The van der Waals surface area contributed by atoms with Gasteiger partial charge in [-0.15, -0.1) is 0 Å². The van der Waals surface area contributed by atoms with E-state index in [-0.39, 0.29) is 54.8 Å². The van der Waals surface area contributed by atoms with Gasteiger partial charge in [-0.2, -0.15) is 13.8 Å². The van der Waals surface area contributed by atoms with Gasteiger partial charge in [0.2, 0.25) is 11.6 Å². The van der Waals surface area contributed by atoms with E-state index in [9.17, 15) is 15.0 Å². The van der Waals surface area contributed by atoms with E-state index < -0.39 is 46.7 Å². The highest BCUT2D eigenvalue weighted by atomic mass is 19.1. The minimum atomic E-state index is -1.20. The van der Waals surface area contributed by atoms with Crippen molar-refractivity contribution in [3.05, 3.63) is 59.7 Å². The number of guanidine groups is 1. The van der Waals surface area contributed by atoms with E-state index in [1.54, 1.807) is 12.1 Å². The highest BCUT2D eigenvalue weighted by Crippen LogP contribution is 2.41. The number of nitrogens with zero attached hydrogens (tertiary/aromatic N) is 3. The Labute approximate surface area is 220 Å². The number of rotatable bonds is 8. The zero-order valence-electron chi connectivity index (χ0n) is 20.4. The Morgan fingerprint density at radius 3 is 2.33 bits per heavy atom. The molecule has 9 N–H and O–H groups in total. The van der Waals surface area contributed by atoms with E-state index in [0.717, 1.165) is 0 Å². The molecule has 1 fully saturated rings. The number of benzene rings is 2. The number of aromatic hydroxyl groups is 1. The lowest BCUT2D eigenvalue weighted by molar-refractivity contribution is -0.142. The van der Waals surface area contributed by atoms with Crippen molar-refractivity contribution in [1.82, 2.24) is 4.98 Å². The van der Waals surface area contributed by atoms with Gasteiger partial charge in [-0.3, -0.25) is 10.2 Å². The van der Waals surface area contributed by atoms with E-state index in [4.69, 9.17) is 32.1 Å². The Morgan fingerprint density at radius 2 is 1.72 bits per heavy atom. The number of hydrogen-bond acceptors (Lipinski definition) is 8. The second-order valence-corrected chi connectivity index (χ2v) is 8.63. The monoisotopic (exact) mass is 541 g/mol. The van der Waals surface area contributed by atoms with E-state index >= 15 is 8.78 Å². The average Bonchev–Trinajstić information content (AvgIpc) is 2.88. The molecular formula is C25H25F2N7O5. The molecule has 0 saturated carbocycles. The first kappa shape index (κ1) is 26.9. The summed E-state index contributed by atoms with van der Waals surface area (Å²) in [6.07, 6.45) is 0.315. The summed E-state index contributed by atoms with van der Waals surface area (Å²) < 4.78 is 42.6. The zero-order chi connectivity index (χ0) is 28.3. The number of carbonyl (C=O) groups is 1. The van der Waals surface area contributed by atoms with Gasteiger partial charge in [-0.05, 0) is 43.2 Å². The molecule has 0 aliphatic carbocycles. The SMILES string of the molecule is N=C(N)c1ccc(O)c(Oc2nc(Oc3cccc(N=C(N)N)c3)c(F)c(N3CCC(C(=O)O)CC3)c2F)c1. The number of amidine groups is 1. The summed E-state index contributed by atoms with van der Waals surface area (Å²) in [5, 5.41) is 27.1. The second kappa shape index (κ2) is 11.1. The van der Waals surface area contributed by atoms with Gasteiger partial charge in [-0.1, -0.05) is 6.07 Å². The fourth-order valence-corrected chi connectivity index (χ4v) is 4.00. The van der Waals surface area contributed by atoms with Crippen molar-refractivity contribution < 1.29 is 33.3 Å². The number of anilines is 1. The first-order chi connectivity index (χ1) is 18.5. The lowest BCUT2D eigenvalue weighted by Gasteiger charge is -2.32. The molecule has 14 heteroatoms. The summed E-state index contributed by atoms with van der Waals surface area (Å²) >= 11 is 0. The van der Waals surface area contributed by atoms with Crippen LogP contribution in [0.5, 0.6) is 29.0 Å². The van der Waals surface area contributed by atoms with Crippen molar-refractivity contribution in [2.45, 2.75) is 12.8 Å². The Bertz CT molecular complexity index is 1450. The van der Waals surface area contributed by atoms with Crippen molar-refractivity contribution >= 4 is 29.1 Å². The number of ether oxygens (including phenoxy) is 2. The van der Waals surface area contributed by atoms with Crippen molar-refractivity contribution in [3.63, 3.8) is 0 Å². The van der Waals surface area contributed by atoms with Crippen LogP contribution in [0.25, 0.3) is 0 Å². The van der Waals surface area contributed by atoms with E-state index in [1.165, 1.54) is 35.2 Å². The first-order valence-electron chi connectivity index (χ1n) is 11.6. The Hall–Kier alpha value is -5.14. The van der Waals surface area contributed by atoms with Crippen molar-refractivity contribution in [3.8, 4) is 29.0 Å². The summed E-state index contributed by atoms with van der Waals surface area (Å²) in [5.74, 6) is -6.57. The number of aliphatic carboxylic acids is 1. The van der Waals surface area contributed by atoms with Gasteiger partial charge in [0.05, 0.1) is 11.6 Å². The molecule has 0 spiro atoms. The van der Waals surface area contributed by atoms with Crippen LogP contribution in [0, 0.1) is 23.0 Å². The van der Waals surface area contributed by atoms with Crippen LogP contribution in [0.2, 0.25) is 0 Å². The largest absolute Gasteiger partial charge is 0.504 e. The summed E-state index contributed by atoms with van der Waals surface area (Å²) in [7, 11) is 0. The number of phenolic OH excluding ortho intramolecular Hbond substituents is 1. The lowest BCUT2D eigenvalue weighted by Crippen LogP contribution is -2.37. The Kier molecular flexibility index (Phi) is 7.65. The quantitative estimate of drug-likeness (QED) is 0.181. The molecule has 0 amide bonds. The zero-order valence-corrected chi connectivity index (χ0v) is 20.4. The smallest absolute Gasteiger partial charge is 0.306 e. The number of carboxylic acid groups (broad SMARTS) is 1. The number of carboxylic acids is 1. The molecule has 12 nitrogen and oxygen atoms in total. The maximum atomic E-state index is 15.7. The number of nitrogens with one attached hydrogen (secondary N) is 1. The van der Waals surface area contributed by atoms with E-state index in [0.29, 0.717) is 5.69 Å².